The molecule has 6 nitrogen and oxygen atoms in total. The summed E-state index contributed by atoms with van der Waals surface area (Å²) in [4.78, 5) is 19.9. The maximum absolute atomic E-state index is 11.5. The topological polar surface area (TPSA) is 80.0 Å². The second kappa shape index (κ2) is 6.53. The van der Waals surface area contributed by atoms with Gasteiger partial charge in [0.2, 0.25) is 0 Å². The number of hydrogen-bond acceptors (Lipinski definition) is 4. The predicted octanol–water partition coefficient (Wildman–Crippen LogP) is 1.95. The minimum Gasteiger partial charge on any atom is -0.463 e. The minimum absolute atomic E-state index is 0.210. The molecule has 0 aliphatic carbocycles. The van der Waals surface area contributed by atoms with E-state index in [0.29, 0.717) is 30.2 Å². The maximum atomic E-state index is 11.5. The van der Waals surface area contributed by atoms with Crippen molar-refractivity contribution in [1.29, 1.82) is 0 Å². The average Bonchev–Trinajstić information content (AvgIpc) is 2.97. The molecule has 100 valence electrons. The summed E-state index contributed by atoms with van der Waals surface area (Å²) in [6, 6.07) is 3.39. The van der Waals surface area contributed by atoms with Crippen molar-refractivity contribution in [3.8, 4) is 11.5 Å². The molecule has 2 amide bonds. The Bertz CT molecular complexity index is 525. The fourth-order valence-electron chi connectivity index (χ4n) is 1.58. The van der Waals surface area contributed by atoms with Crippen LogP contribution in [0.1, 0.15) is 19.0 Å². The first-order chi connectivity index (χ1) is 9.31. The maximum Gasteiger partial charge on any atom is 0.315 e. The van der Waals surface area contributed by atoms with Crippen LogP contribution in [-0.2, 0) is 6.54 Å². The zero-order chi connectivity index (χ0) is 13.5. The minimum atomic E-state index is -0.210. The summed E-state index contributed by atoms with van der Waals surface area (Å²) in [5.74, 6) is 0.638. The highest BCUT2D eigenvalue weighted by Gasteiger charge is 2.10. The second-order valence-electron chi connectivity index (χ2n) is 3.94. The van der Waals surface area contributed by atoms with Gasteiger partial charge in [-0.3, -0.25) is 4.98 Å². The van der Waals surface area contributed by atoms with Gasteiger partial charge in [-0.05, 0) is 18.6 Å². The Morgan fingerprint density at radius 1 is 1.32 bits per heavy atom. The van der Waals surface area contributed by atoms with Gasteiger partial charge >= 0.3 is 6.03 Å². The number of rotatable bonds is 5. The number of carbonyl (C=O) groups is 1. The summed E-state index contributed by atoms with van der Waals surface area (Å²) in [6.07, 6.45) is 5.66. The van der Waals surface area contributed by atoms with Gasteiger partial charge in [0.25, 0.3) is 0 Å². The van der Waals surface area contributed by atoms with Gasteiger partial charge in [-0.25, -0.2) is 9.78 Å². The average molecular weight is 260 g/mol. The van der Waals surface area contributed by atoms with Gasteiger partial charge in [0.1, 0.15) is 5.69 Å². The number of aromatic nitrogens is 2. The SMILES string of the molecule is CCCNC(=O)NCc1nccnc1-c1ccco1. The molecule has 0 fully saturated rings. The van der Waals surface area contributed by atoms with Gasteiger partial charge in [-0.1, -0.05) is 6.92 Å². The number of carbonyl (C=O) groups excluding carboxylic acids is 1. The molecule has 0 spiro atoms. The Kier molecular flexibility index (Phi) is 4.49. The molecule has 0 saturated carbocycles. The lowest BCUT2D eigenvalue weighted by molar-refractivity contribution is 0.240. The number of nitrogens with zero attached hydrogens (tertiary/aromatic N) is 2. The molecule has 0 atom stereocenters. The molecule has 0 unspecified atom stereocenters. The van der Waals surface area contributed by atoms with E-state index in [1.165, 1.54) is 0 Å². The van der Waals surface area contributed by atoms with Crippen molar-refractivity contribution < 1.29 is 9.21 Å². The van der Waals surface area contributed by atoms with Crippen molar-refractivity contribution in [2.45, 2.75) is 19.9 Å². The van der Waals surface area contributed by atoms with Crippen LogP contribution in [0.3, 0.4) is 0 Å². The summed E-state index contributed by atoms with van der Waals surface area (Å²) in [7, 11) is 0. The zero-order valence-electron chi connectivity index (χ0n) is 10.7. The molecule has 0 bridgehead atoms. The highest BCUT2D eigenvalue weighted by atomic mass is 16.3. The molecule has 0 saturated heterocycles. The molecule has 0 aliphatic heterocycles. The lowest BCUT2D eigenvalue weighted by Gasteiger charge is -2.08. The summed E-state index contributed by atoms with van der Waals surface area (Å²) in [6.45, 7) is 2.95. The van der Waals surface area contributed by atoms with Crippen molar-refractivity contribution in [2.75, 3.05) is 6.54 Å². The molecule has 19 heavy (non-hydrogen) atoms. The van der Waals surface area contributed by atoms with Gasteiger partial charge in [-0.15, -0.1) is 0 Å². The fourth-order valence-corrected chi connectivity index (χ4v) is 1.58. The fraction of sp³-hybridized carbons (Fsp3) is 0.308. The van der Waals surface area contributed by atoms with Crippen LogP contribution in [-0.4, -0.2) is 22.5 Å². The van der Waals surface area contributed by atoms with Crippen LogP contribution in [0.5, 0.6) is 0 Å². The Balaban J connectivity index is 2.03. The van der Waals surface area contributed by atoms with Gasteiger partial charge in [-0.2, -0.15) is 0 Å². The Hall–Kier alpha value is -2.37. The lowest BCUT2D eigenvalue weighted by atomic mass is 10.2. The zero-order valence-corrected chi connectivity index (χ0v) is 10.7. The van der Waals surface area contributed by atoms with E-state index in [1.807, 2.05) is 13.0 Å². The largest absolute Gasteiger partial charge is 0.463 e. The Morgan fingerprint density at radius 2 is 2.16 bits per heavy atom. The first-order valence-corrected chi connectivity index (χ1v) is 6.16. The second-order valence-corrected chi connectivity index (χ2v) is 3.94. The number of amides is 2. The van der Waals surface area contributed by atoms with Gasteiger partial charge in [0.15, 0.2) is 5.76 Å². The van der Waals surface area contributed by atoms with E-state index in [2.05, 4.69) is 20.6 Å². The van der Waals surface area contributed by atoms with Crippen molar-refractivity contribution in [2.24, 2.45) is 0 Å². The Morgan fingerprint density at radius 3 is 2.89 bits per heavy atom. The molecule has 0 aromatic carbocycles. The van der Waals surface area contributed by atoms with Crippen LogP contribution in [0, 0.1) is 0 Å². The number of urea groups is 1. The van der Waals surface area contributed by atoms with Crippen LogP contribution in [0.4, 0.5) is 4.79 Å². The van der Waals surface area contributed by atoms with Gasteiger partial charge in [0.05, 0.1) is 18.5 Å². The van der Waals surface area contributed by atoms with Crippen molar-refractivity contribution in [3.63, 3.8) is 0 Å². The summed E-state index contributed by atoms with van der Waals surface area (Å²) in [5, 5.41) is 5.48. The quantitative estimate of drug-likeness (QED) is 0.861. The molecule has 2 rings (SSSR count). The van der Waals surface area contributed by atoms with Gasteiger partial charge < -0.3 is 15.1 Å². The molecular weight excluding hydrogens is 244 g/mol. The van der Waals surface area contributed by atoms with Crippen molar-refractivity contribution in [1.82, 2.24) is 20.6 Å². The molecular formula is C13H16N4O2. The third-order valence-electron chi connectivity index (χ3n) is 2.48. The van der Waals surface area contributed by atoms with E-state index in [9.17, 15) is 4.79 Å². The third kappa shape index (κ3) is 3.54. The van der Waals surface area contributed by atoms with E-state index in [0.717, 1.165) is 6.42 Å². The molecule has 2 aromatic heterocycles. The highest BCUT2D eigenvalue weighted by Crippen LogP contribution is 2.19. The van der Waals surface area contributed by atoms with Crippen LogP contribution < -0.4 is 10.6 Å². The normalized spacial score (nSPS) is 10.2. The van der Waals surface area contributed by atoms with Crippen LogP contribution >= 0.6 is 0 Å². The van der Waals surface area contributed by atoms with Crippen LogP contribution in [0.2, 0.25) is 0 Å². The number of hydrogen-bond donors (Lipinski definition) is 2. The Labute approximate surface area is 111 Å². The first kappa shape index (κ1) is 13.1. The lowest BCUT2D eigenvalue weighted by Crippen LogP contribution is -2.35. The molecule has 6 heteroatoms. The summed E-state index contributed by atoms with van der Waals surface area (Å²) < 4.78 is 5.30. The molecule has 0 aliphatic rings. The van der Waals surface area contributed by atoms with E-state index in [1.54, 1.807) is 24.7 Å². The van der Waals surface area contributed by atoms with Crippen LogP contribution in [0.25, 0.3) is 11.5 Å². The van der Waals surface area contributed by atoms with E-state index in [-0.39, 0.29) is 6.03 Å². The predicted molar refractivity (Wildman–Crippen MR) is 70.3 cm³/mol. The van der Waals surface area contributed by atoms with E-state index >= 15 is 0 Å². The van der Waals surface area contributed by atoms with E-state index in [4.69, 9.17) is 4.42 Å². The van der Waals surface area contributed by atoms with Crippen molar-refractivity contribution >= 4 is 6.03 Å². The molecule has 0 radical (unpaired) electrons. The smallest absolute Gasteiger partial charge is 0.315 e. The first-order valence-electron chi connectivity index (χ1n) is 6.16. The summed E-state index contributed by atoms with van der Waals surface area (Å²) in [5.41, 5.74) is 1.31. The monoisotopic (exact) mass is 260 g/mol. The van der Waals surface area contributed by atoms with Gasteiger partial charge in [0, 0.05) is 18.9 Å². The highest BCUT2D eigenvalue weighted by molar-refractivity contribution is 5.74. The molecule has 2 N–H and O–H groups in total. The van der Waals surface area contributed by atoms with Crippen LogP contribution in [0.15, 0.2) is 35.2 Å². The number of nitrogens with one attached hydrogen (secondary N) is 2. The standard InChI is InChI=1S/C13H16N4O2/c1-2-5-16-13(18)17-9-10-12(15-7-6-14-10)11-4-3-8-19-11/h3-4,6-8H,2,5,9H2,1H3,(H2,16,17,18). The van der Waals surface area contributed by atoms with Crippen molar-refractivity contribution in [3.05, 3.63) is 36.5 Å². The third-order valence-corrected chi connectivity index (χ3v) is 2.48. The van der Waals surface area contributed by atoms with E-state index < -0.39 is 0 Å². The molecule has 2 heterocycles. The number of furan rings is 1. The summed E-state index contributed by atoms with van der Waals surface area (Å²) >= 11 is 0. The molecule has 2 aromatic rings.